The lowest BCUT2D eigenvalue weighted by molar-refractivity contribution is -0.398. The zero-order valence-electron chi connectivity index (χ0n) is 12.7. The summed E-state index contributed by atoms with van der Waals surface area (Å²) < 4.78 is 43.4. The van der Waals surface area contributed by atoms with Crippen molar-refractivity contribution >= 4 is 17.6 Å². The second-order valence-electron chi connectivity index (χ2n) is 4.74. The summed E-state index contributed by atoms with van der Waals surface area (Å²) in [7, 11) is 1.17. The number of ether oxygens (including phenoxy) is 1. The van der Waals surface area contributed by atoms with E-state index in [0.29, 0.717) is 0 Å². The molecule has 0 saturated heterocycles. The van der Waals surface area contributed by atoms with Gasteiger partial charge in [-0.1, -0.05) is 12.1 Å². The van der Waals surface area contributed by atoms with Crippen LogP contribution in [-0.4, -0.2) is 18.2 Å². The molecule has 25 heavy (non-hydrogen) atoms. The predicted octanol–water partition coefficient (Wildman–Crippen LogP) is 3.14. The third-order valence-corrected chi connectivity index (χ3v) is 3.11. The minimum Gasteiger partial charge on any atom is -0.865 e. The van der Waals surface area contributed by atoms with Crippen LogP contribution in [0.2, 0.25) is 0 Å². The fourth-order valence-corrected chi connectivity index (χ4v) is 1.97. The van der Waals surface area contributed by atoms with Crippen molar-refractivity contribution in [1.29, 1.82) is 0 Å². The third kappa shape index (κ3) is 4.16. The van der Waals surface area contributed by atoms with E-state index in [1.54, 1.807) is 0 Å². The van der Waals surface area contributed by atoms with Crippen LogP contribution in [0.1, 0.15) is 11.1 Å². The molecule has 10 heteroatoms. The SMILES string of the molecule is COc1cc(/C=N\Nc2ccccc2C(F)(F)F)cc([N+](=O)[O-])c1[O-]. The molecule has 0 aliphatic carbocycles. The highest BCUT2D eigenvalue weighted by Gasteiger charge is 2.33. The Morgan fingerprint density at radius 1 is 1.28 bits per heavy atom. The van der Waals surface area contributed by atoms with Crippen molar-refractivity contribution in [3.8, 4) is 11.5 Å². The number of rotatable bonds is 5. The first-order chi connectivity index (χ1) is 11.7. The molecule has 2 rings (SSSR count). The molecule has 0 atom stereocenters. The molecule has 0 bridgehead atoms. The van der Waals surface area contributed by atoms with E-state index in [0.717, 1.165) is 18.3 Å². The van der Waals surface area contributed by atoms with Gasteiger partial charge in [0.05, 0.1) is 29.5 Å². The molecule has 0 amide bonds. The number of nitro groups is 1. The van der Waals surface area contributed by atoms with Gasteiger partial charge in [-0.3, -0.25) is 15.5 Å². The fraction of sp³-hybridized carbons (Fsp3) is 0.133. The molecule has 0 unspecified atom stereocenters. The smallest absolute Gasteiger partial charge is 0.418 e. The Hall–Kier alpha value is -3.30. The number of anilines is 1. The normalized spacial score (nSPS) is 11.5. The lowest BCUT2D eigenvalue weighted by Crippen LogP contribution is -2.08. The van der Waals surface area contributed by atoms with Crippen LogP contribution in [0.5, 0.6) is 11.5 Å². The zero-order valence-corrected chi connectivity index (χ0v) is 12.7. The van der Waals surface area contributed by atoms with E-state index >= 15 is 0 Å². The van der Waals surface area contributed by atoms with Gasteiger partial charge in [-0.05, 0) is 18.2 Å². The highest BCUT2D eigenvalue weighted by atomic mass is 19.4. The minimum absolute atomic E-state index is 0.111. The third-order valence-electron chi connectivity index (χ3n) is 3.11. The monoisotopic (exact) mass is 354 g/mol. The number of hydrogen-bond donors (Lipinski definition) is 1. The van der Waals surface area contributed by atoms with Gasteiger partial charge in [0.25, 0.3) is 5.69 Å². The summed E-state index contributed by atoms with van der Waals surface area (Å²) in [5.41, 5.74) is 0.420. The van der Waals surface area contributed by atoms with Crippen LogP contribution in [0.15, 0.2) is 41.5 Å². The van der Waals surface area contributed by atoms with Gasteiger partial charge in [0, 0.05) is 17.4 Å². The number of nitrogens with one attached hydrogen (secondary N) is 1. The first-order valence-electron chi connectivity index (χ1n) is 6.72. The van der Waals surface area contributed by atoms with Crippen LogP contribution >= 0.6 is 0 Å². The van der Waals surface area contributed by atoms with Gasteiger partial charge in [-0.15, -0.1) is 0 Å². The van der Waals surface area contributed by atoms with Gasteiger partial charge in [0.2, 0.25) is 0 Å². The van der Waals surface area contributed by atoms with Crippen molar-refractivity contribution in [2.75, 3.05) is 12.5 Å². The molecule has 7 nitrogen and oxygen atoms in total. The average molecular weight is 354 g/mol. The number of nitrogens with zero attached hydrogens (tertiary/aromatic N) is 2. The molecular weight excluding hydrogens is 343 g/mol. The number of hydrazone groups is 1. The summed E-state index contributed by atoms with van der Waals surface area (Å²) in [5, 5.41) is 26.2. The van der Waals surface area contributed by atoms with Crippen molar-refractivity contribution in [3.63, 3.8) is 0 Å². The molecular formula is C15H11F3N3O4-. The second kappa shape index (κ2) is 7.07. The highest BCUT2D eigenvalue weighted by Crippen LogP contribution is 2.35. The van der Waals surface area contributed by atoms with E-state index in [4.69, 9.17) is 4.74 Å². The molecule has 132 valence electrons. The van der Waals surface area contributed by atoms with Gasteiger partial charge in [0.15, 0.2) is 0 Å². The van der Waals surface area contributed by atoms with Crippen LogP contribution in [0.25, 0.3) is 0 Å². The van der Waals surface area contributed by atoms with E-state index in [-0.39, 0.29) is 17.0 Å². The molecule has 0 aromatic heterocycles. The molecule has 2 aromatic carbocycles. The molecule has 2 aromatic rings. The summed E-state index contributed by atoms with van der Waals surface area (Å²) in [4.78, 5) is 9.98. The maximum atomic E-state index is 12.9. The second-order valence-corrected chi connectivity index (χ2v) is 4.74. The van der Waals surface area contributed by atoms with Gasteiger partial charge >= 0.3 is 6.18 Å². The van der Waals surface area contributed by atoms with Gasteiger partial charge in [-0.2, -0.15) is 18.3 Å². The standard InChI is InChI=1S/C15H12F3N3O4/c1-25-13-7-9(6-12(14(13)22)21(23)24)8-19-20-11-5-3-2-4-10(11)15(16,17)18/h2-8,20,22H,1H3/p-1/b19-8-. The van der Waals surface area contributed by atoms with E-state index in [1.807, 2.05) is 0 Å². The highest BCUT2D eigenvalue weighted by molar-refractivity contribution is 5.83. The van der Waals surface area contributed by atoms with E-state index < -0.39 is 28.1 Å². The summed E-state index contributed by atoms with van der Waals surface area (Å²) in [6.45, 7) is 0. The Bertz CT molecular complexity index is 822. The van der Waals surface area contributed by atoms with Gasteiger partial charge < -0.3 is 9.84 Å². The maximum absolute atomic E-state index is 12.9. The summed E-state index contributed by atoms with van der Waals surface area (Å²) in [5.74, 6) is -1.17. The quantitative estimate of drug-likeness (QED) is 0.505. The van der Waals surface area contributed by atoms with E-state index in [9.17, 15) is 28.4 Å². The molecule has 0 saturated carbocycles. The van der Waals surface area contributed by atoms with Crippen LogP contribution in [0.3, 0.4) is 0 Å². The number of alkyl halides is 3. The molecule has 0 spiro atoms. The average Bonchev–Trinajstić information content (AvgIpc) is 2.55. The number of nitro benzene ring substituents is 1. The number of halogens is 3. The van der Waals surface area contributed by atoms with Crippen LogP contribution in [-0.2, 0) is 6.18 Å². The lowest BCUT2D eigenvalue weighted by atomic mass is 10.2. The van der Waals surface area contributed by atoms with Crippen molar-refractivity contribution < 1.29 is 27.9 Å². The number of methoxy groups -OCH3 is 1. The van der Waals surface area contributed by atoms with Crippen molar-refractivity contribution in [3.05, 3.63) is 57.6 Å². The topological polar surface area (TPSA) is 99.8 Å². The van der Waals surface area contributed by atoms with Crippen LogP contribution in [0.4, 0.5) is 24.5 Å². The summed E-state index contributed by atoms with van der Waals surface area (Å²) >= 11 is 0. The Kier molecular flexibility index (Phi) is 5.11. The predicted molar refractivity (Wildman–Crippen MR) is 81.8 cm³/mol. The van der Waals surface area contributed by atoms with Gasteiger partial charge in [0.1, 0.15) is 5.75 Å². The van der Waals surface area contributed by atoms with Crippen LogP contribution in [0, 0.1) is 10.1 Å². The first kappa shape index (κ1) is 18.0. The Morgan fingerprint density at radius 3 is 2.56 bits per heavy atom. The first-order valence-corrected chi connectivity index (χ1v) is 6.72. The minimum atomic E-state index is -4.56. The molecule has 0 fully saturated rings. The van der Waals surface area contributed by atoms with Crippen molar-refractivity contribution in [1.82, 2.24) is 0 Å². The molecule has 0 radical (unpaired) electrons. The number of hydrogen-bond acceptors (Lipinski definition) is 6. The number of benzene rings is 2. The van der Waals surface area contributed by atoms with E-state index in [2.05, 4.69) is 10.5 Å². The Balaban J connectivity index is 2.30. The van der Waals surface area contributed by atoms with Crippen LogP contribution < -0.4 is 15.3 Å². The lowest BCUT2D eigenvalue weighted by Gasteiger charge is -2.13. The molecule has 0 heterocycles. The Morgan fingerprint density at radius 2 is 1.96 bits per heavy atom. The molecule has 1 N–H and O–H groups in total. The summed E-state index contributed by atoms with van der Waals surface area (Å²) in [6, 6.07) is 6.84. The largest absolute Gasteiger partial charge is 0.865 e. The van der Waals surface area contributed by atoms with Crippen molar-refractivity contribution in [2.24, 2.45) is 5.10 Å². The fourth-order valence-electron chi connectivity index (χ4n) is 1.97. The Labute approximate surface area is 139 Å². The maximum Gasteiger partial charge on any atom is 0.418 e. The van der Waals surface area contributed by atoms with Gasteiger partial charge in [-0.25, -0.2) is 0 Å². The van der Waals surface area contributed by atoms with Crippen molar-refractivity contribution in [2.45, 2.75) is 6.18 Å². The zero-order chi connectivity index (χ0) is 18.6. The number of para-hydroxylation sites is 1. The molecule has 0 aliphatic rings. The van der Waals surface area contributed by atoms with E-state index in [1.165, 1.54) is 31.4 Å². The molecule has 0 aliphatic heterocycles. The summed E-state index contributed by atoms with van der Waals surface area (Å²) in [6.07, 6.45) is -3.52.